The molecule has 0 aromatic carbocycles. The summed E-state index contributed by atoms with van der Waals surface area (Å²) in [5.41, 5.74) is 0.0210. The summed E-state index contributed by atoms with van der Waals surface area (Å²) < 4.78 is 10.8. The van der Waals surface area contributed by atoms with E-state index in [0.29, 0.717) is 25.2 Å². The molecule has 0 amide bonds. The molecule has 3 nitrogen and oxygen atoms in total. The van der Waals surface area contributed by atoms with E-state index in [0.717, 1.165) is 13.0 Å². The van der Waals surface area contributed by atoms with Gasteiger partial charge in [0.05, 0.1) is 26.4 Å². The van der Waals surface area contributed by atoms with E-state index in [1.807, 2.05) is 0 Å². The number of rotatable bonds is 5. The lowest BCUT2D eigenvalue weighted by Crippen LogP contribution is -2.40. The third kappa shape index (κ3) is 2.71. The van der Waals surface area contributed by atoms with Crippen molar-refractivity contribution in [3.63, 3.8) is 0 Å². The van der Waals surface area contributed by atoms with Crippen LogP contribution in [0.25, 0.3) is 0 Å². The number of hydrogen-bond acceptors (Lipinski definition) is 3. The summed E-state index contributed by atoms with van der Waals surface area (Å²) in [6.45, 7) is 4.76. The quantitative estimate of drug-likeness (QED) is 0.707. The minimum Gasteiger partial charge on any atom is -0.396 e. The maximum Gasteiger partial charge on any atom is 0.104 e. The van der Waals surface area contributed by atoms with Crippen molar-refractivity contribution in [1.82, 2.24) is 0 Å². The van der Waals surface area contributed by atoms with E-state index in [9.17, 15) is 5.11 Å². The molecule has 0 bridgehead atoms. The predicted octanol–water partition coefficient (Wildman–Crippen LogP) is 1.59. The molecule has 2 fully saturated rings. The average Bonchev–Trinajstić information content (AvgIpc) is 3.05. The Morgan fingerprint density at radius 3 is 2.87 bits per heavy atom. The Labute approximate surface area is 91.8 Å². The first-order valence-corrected chi connectivity index (χ1v) is 6.07. The number of hydrogen-bond donors (Lipinski definition) is 1. The Balaban J connectivity index is 1.81. The molecule has 0 aromatic heterocycles. The van der Waals surface area contributed by atoms with Gasteiger partial charge in [0.25, 0.3) is 0 Å². The van der Waals surface area contributed by atoms with Gasteiger partial charge in [-0.2, -0.15) is 0 Å². The van der Waals surface area contributed by atoms with Crippen LogP contribution < -0.4 is 0 Å². The van der Waals surface area contributed by atoms with Gasteiger partial charge in [-0.3, -0.25) is 0 Å². The Morgan fingerprint density at radius 1 is 1.47 bits per heavy atom. The zero-order valence-corrected chi connectivity index (χ0v) is 9.58. The lowest BCUT2D eigenvalue weighted by molar-refractivity contribution is -0.0507. The first-order valence-electron chi connectivity index (χ1n) is 6.07. The zero-order chi connectivity index (χ0) is 10.7. The fourth-order valence-electron chi connectivity index (χ4n) is 2.53. The van der Waals surface area contributed by atoms with Crippen LogP contribution in [-0.2, 0) is 9.47 Å². The second kappa shape index (κ2) is 4.81. The highest BCUT2D eigenvalue weighted by atomic mass is 16.6. The molecule has 1 aliphatic carbocycles. The maximum atomic E-state index is 9.58. The molecule has 1 N–H and O–H groups in total. The largest absolute Gasteiger partial charge is 0.396 e. The summed E-state index contributed by atoms with van der Waals surface area (Å²) in [4.78, 5) is 0. The molecule has 0 spiro atoms. The maximum absolute atomic E-state index is 9.58. The Kier molecular flexibility index (Phi) is 3.65. The molecule has 1 aliphatic heterocycles. The van der Waals surface area contributed by atoms with Crippen molar-refractivity contribution in [3.8, 4) is 0 Å². The fourth-order valence-corrected chi connectivity index (χ4v) is 2.53. The Morgan fingerprint density at radius 2 is 2.27 bits per heavy atom. The fraction of sp³-hybridized carbons (Fsp3) is 1.00. The van der Waals surface area contributed by atoms with Crippen LogP contribution >= 0.6 is 0 Å². The van der Waals surface area contributed by atoms with Crippen molar-refractivity contribution in [2.45, 2.75) is 38.7 Å². The van der Waals surface area contributed by atoms with Gasteiger partial charge in [0.15, 0.2) is 0 Å². The van der Waals surface area contributed by atoms with Gasteiger partial charge in [0.2, 0.25) is 0 Å². The van der Waals surface area contributed by atoms with Crippen molar-refractivity contribution in [2.75, 3.05) is 26.4 Å². The Bertz CT molecular complexity index is 203. The molecule has 2 aliphatic rings. The molecule has 1 saturated heterocycles. The minimum absolute atomic E-state index is 0.0210. The first kappa shape index (κ1) is 11.4. The van der Waals surface area contributed by atoms with Crippen LogP contribution in [0.1, 0.15) is 32.6 Å². The minimum atomic E-state index is 0.0210. The first-order chi connectivity index (χ1) is 7.27. The summed E-state index contributed by atoms with van der Waals surface area (Å²) in [5, 5.41) is 9.58. The van der Waals surface area contributed by atoms with Crippen LogP contribution in [0.5, 0.6) is 0 Å². The van der Waals surface area contributed by atoms with Gasteiger partial charge >= 0.3 is 0 Å². The second-order valence-electron chi connectivity index (χ2n) is 5.14. The molecular weight excluding hydrogens is 192 g/mol. The molecule has 3 heteroatoms. The van der Waals surface area contributed by atoms with Gasteiger partial charge in [-0.1, -0.05) is 26.2 Å². The topological polar surface area (TPSA) is 42.0 Å². The van der Waals surface area contributed by atoms with Crippen molar-refractivity contribution in [2.24, 2.45) is 11.3 Å². The third-order valence-electron chi connectivity index (χ3n) is 4.02. The van der Waals surface area contributed by atoms with E-state index in [1.54, 1.807) is 0 Å². The van der Waals surface area contributed by atoms with Gasteiger partial charge in [-0.05, 0) is 12.3 Å². The smallest absolute Gasteiger partial charge is 0.104 e. The SMILES string of the molecule is CC1CCCCC1(CO)COCC1CO1. The van der Waals surface area contributed by atoms with Crippen LogP contribution in [0.4, 0.5) is 0 Å². The molecule has 1 saturated carbocycles. The lowest BCUT2D eigenvalue weighted by Gasteiger charge is -2.41. The van der Waals surface area contributed by atoms with Gasteiger partial charge in [0.1, 0.15) is 6.10 Å². The normalized spacial score (nSPS) is 40.4. The molecule has 88 valence electrons. The van der Waals surface area contributed by atoms with Crippen molar-refractivity contribution >= 4 is 0 Å². The molecule has 3 atom stereocenters. The molecular formula is C12H22O3. The van der Waals surface area contributed by atoms with Gasteiger partial charge in [-0.15, -0.1) is 0 Å². The summed E-state index contributed by atoms with van der Waals surface area (Å²) in [5.74, 6) is 0.580. The molecule has 3 unspecified atom stereocenters. The summed E-state index contributed by atoms with van der Waals surface area (Å²) in [7, 11) is 0. The van der Waals surface area contributed by atoms with Crippen LogP contribution in [0.2, 0.25) is 0 Å². The Hall–Kier alpha value is -0.120. The van der Waals surface area contributed by atoms with E-state index < -0.39 is 0 Å². The summed E-state index contributed by atoms with van der Waals surface area (Å²) in [6.07, 6.45) is 5.20. The highest BCUT2D eigenvalue weighted by molar-refractivity contribution is 4.87. The average molecular weight is 214 g/mol. The van der Waals surface area contributed by atoms with Crippen LogP contribution in [0.3, 0.4) is 0 Å². The molecule has 0 aromatic rings. The van der Waals surface area contributed by atoms with Crippen molar-refractivity contribution in [1.29, 1.82) is 0 Å². The number of epoxide rings is 1. The van der Waals surface area contributed by atoms with E-state index >= 15 is 0 Å². The summed E-state index contributed by atoms with van der Waals surface area (Å²) >= 11 is 0. The molecule has 2 rings (SSSR count). The van der Waals surface area contributed by atoms with Crippen LogP contribution in [0, 0.1) is 11.3 Å². The number of aliphatic hydroxyl groups is 1. The van der Waals surface area contributed by atoms with E-state index in [1.165, 1.54) is 19.3 Å². The zero-order valence-electron chi connectivity index (χ0n) is 9.58. The van der Waals surface area contributed by atoms with Gasteiger partial charge in [-0.25, -0.2) is 0 Å². The van der Waals surface area contributed by atoms with Crippen molar-refractivity contribution in [3.05, 3.63) is 0 Å². The van der Waals surface area contributed by atoms with E-state index in [4.69, 9.17) is 9.47 Å². The number of ether oxygens (including phenoxy) is 2. The van der Waals surface area contributed by atoms with Gasteiger partial charge in [0, 0.05) is 5.41 Å². The van der Waals surface area contributed by atoms with E-state index in [-0.39, 0.29) is 12.0 Å². The lowest BCUT2D eigenvalue weighted by atomic mass is 9.68. The van der Waals surface area contributed by atoms with Crippen molar-refractivity contribution < 1.29 is 14.6 Å². The highest BCUT2D eigenvalue weighted by Gasteiger charge is 2.38. The highest BCUT2D eigenvalue weighted by Crippen LogP contribution is 2.41. The van der Waals surface area contributed by atoms with Gasteiger partial charge < -0.3 is 14.6 Å². The number of aliphatic hydroxyl groups excluding tert-OH is 1. The predicted molar refractivity (Wildman–Crippen MR) is 57.7 cm³/mol. The monoisotopic (exact) mass is 214 g/mol. The standard InChI is InChI=1S/C12H22O3/c1-10-4-2-3-5-12(10,8-13)9-14-6-11-7-15-11/h10-11,13H,2-9H2,1H3. The van der Waals surface area contributed by atoms with Crippen LogP contribution in [-0.4, -0.2) is 37.6 Å². The molecule has 0 radical (unpaired) electrons. The summed E-state index contributed by atoms with van der Waals surface area (Å²) in [6, 6.07) is 0. The second-order valence-corrected chi connectivity index (χ2v) is 5.14. The van der Waals surface area contributed by atoms with Crippen LogP contribution in [0.15, 0.2) is 0 Å². The van der Waals surface area contributed by atoms with E-state index in [2.05, 4.69) is 6.92 Å². The third-order valence-corrected chi connectivity index (χ3v) is 4.02. The molecule has 1 heterocycles. The molecule has 15 heavy (non-hydrogen) atoms.